The van der Waals surface area contributed by atoms with Gasteiger partial charge in [-0.2, -0.15) is 0 Å². The van der Waals surface area contributed by atoms with Crippen molar-refractivity contribution >= 4 is 11.9 Å². The van der Waals surface area contributed by atoms with Gasteiger partial charge in [0, 0.05) is 6.54 Å². The molecular weight excluding hydrogens is 336 g/mol. The number of carboxylic acids is 1. The highest BCUT2D eigenvalue weighted by Crippen LogP contribution is 2.23. The number of aliphatic carboxylic acids is 1. The molecule has 1 aliphatic rings. The first kappa shape index (κ1) is 18.1. The molecule has 2 heterocycles. The van der Waals surface area contributed by atoms with Crippen LogP contribution in [-0.2, 0) is 9.53 Å². The van der Waals surface area contributed by atoms with Crippen molar-refractivity contribution in [2.24, 2.45) is 0 Å². The number of aromatic nitrogens is 3. The molecule has 26 heavy (non-hydrogen) atoms. The molecule has 1 atom stereocenters. The third-order valence-corrected chi connectivity index (χ3v) is 4.42. The van der Waals surface area contributed by atoms with E-state index in [1.165, 1.54) is 4.90 Å². The van der Waals surface area contributed by atoms with Crippen LogP contribution in [0.3, 0.4) is 0 Å². The van der Waals surface area contributed by atoms with E-state index in [-0.39, 0.29) is 24.9 Å². The van der Waals surface area contributed by atoms with E-state index in [4.69, 9.17) is 4.74 Å². The maximum absolute atomic E-state index is 12.8. The number of amides is 1. The SMILES string of the molecule is Cc1nc(C(=O)N2CCOC[C@H]2C(=O)O)nn1-c1ccccc1C(C)C. The highest BCUT2D eigenvalue weighted by molar-refractivity contribution is 5.93. The standard InChI is InChI=1S/C18H22N4O4/c1-11(2)13-6-4-5-7-14(13)22-12(3)19-16(20-22)17(23)21-8-9-26-10-15(21)18(24)25/h4-7,11,15H,8-10H2,1-3H3,(H,24,25)/t15-/m0/s1. The van der Waals surface area contributed by atoms with Gasteiger partial charge in [0.05, 0.1) is 18.9 Å². The molecule has 8 nitrogen and oxygen atoms in total. The first-order valence-corrected chi connectivity index (χ1v) is 8.54. The fourth-order valence-electron chi connectivity index (χ4n) is 3.06. The number of hydrogen-bond donors (Lipinski definition) is 1. The Morgan fingerprint density at radius 3 is 2.73 bits per heavy atom. The summed E-state index contributed by atoms with van der Waals surface area (Å²) in [6.07, 6.45) is 0. The summed E-state index contributed by atoms with van der Waals surface area (Å²) in [5.74, 6) is -0.746. The maximum Gasteiger partial charge on any atom is 0.328 e. The zero-order chi connectivity index (χ0) is 18.8. The number of carbonyl (C=O) groups is 2. The van der Waals surface area contributed by atoms with Gasteiger partial charge in [0.1, 0.15) is 5.82 Å². The smallest absolute Gasteiger partial charge is 0.328 e. The van der Waals surface area contributed by atoms with Crippen molar-refractivity contribution in [2.75, 3.05) is 19.8 Å². The quantitative estimate of drug-likeness (QED) is 0.892. The van der Waals surface area contributed by atoms with Crippen LogP contribution in [-0.4, -0.2) is 62.4 Å². The lowest BCUT2D eigenvalue weighted by Gasteiger charge is -2.31. The third kappa shape index (κ3) is 3.32. The zero-order valence-corrected chi connectivity index (χ0v) is 15.0. The molecule has 1 aliphatic heterocycles. The van der Waals surface area contributed by atoms with E-state index in [1.54, 1.807) is 11.6 Å². The van der Waals surface area contributed by atoms with Gasteiger partial charge in [-0.15, -0.1) is 5.10 Å². The van der Waals surface area contributed by atoms with Gasteiger partial charge in [-0.05, 0) is 24.5 Å². The number of carboxylic acid groups (broad SMARTS) is 1. The predicted molar refractivity (Wildman–Crippen MR) is 93.5 cm³/mol. The molecule has 1 fully saturated rings. The molecule has 0 aliphatic carbocycles. The summed E-state index contributed by atoms with van der Waals surface area (Å²) < 4.78 is 6.82. The van der Waals surface area contributed by atoms with Gasteiger partial charge in [0.25, 0.3) is 5.91 Å². The predicted octanol–water partition coefficient (Wildman–Crippen LogP) is 1.62. The van der Waals surface area contributed by atoms with E-state index < -0.39 is 17.9 Å². The van der Waals surface area contributed by atoms with Crippen molar-refractivity contribution in [1.82, 2.24) is 19.7 Å². The van der Waals surface area contributed by atoms with Gasteiger partial charge < -0.3 is 14.7 Å². The van der Waals surface area contributed by atoms with E-state index in [2.05, 4.69) is 23.9 Å². The molecule has 0 spiro atoms. The number of carbonyl (C=O) groups excluding carboxylic acids is 1. The monoisotopic (exact) mass is 358 g/mol. The molecule has 3 rings (SSSR count). The van der Waals surface area contributed by atoms with Gasteiger partial charge in [-0.3, -0.25) is 4.79 Å². The minimum atomic E-state index is -1.10. The Bertz CT molecular complexity index is 830. The second-order valence-electron chi connectivity index (χ2n) is 6.54. The van der Waals surface area contributed by atoms with Crippen molar-refractivity contribution in [3.63, 3.8) is 0 Å². The van der Waals surface area contributed by atoms with Crippen LogP contribution in [0.2, 0.25) is 0 Å². The highest BCUT2D eigenvalue weighted by atomic mass is 16.5. The van der Waals surface area contributed by atoms with Crippen LogP contribution in [0.15, 0.2) is 24.3 Å². The number of benzene rings is 1. The second-order valence-corrected chi connectivity index (χ2v) is 6.54. The molecule has 1 saturated heterocycles. The van der Waals surface area contributed by atoms with E-state index in [1.807, 2.05) is 24.3 Å². The Hall–Kier alpha value is -2.74. The Morgan fingerprint density at radius 2 is 2.04 bits per heavy atom. The van der Waals surface area contributed by atoms with E-state index in [0.29, 0.717) is 12.4 Å². The zero-order valence-electron chi connectivity index (χ0n) is 15.0. The number of ether oxygens (including phenoxy) is 1. The molecule has 1 aromatic carbocycles. The molecular formula is C18H22N4O4. The van der Waals surface area contributed by atoms with Gasteiger partial charge in [0.2, 0.25) is 5.82 Å². The maximum atomic E-state index is 12.8. The van der Waals surface area contributed by atoms with E-state index >= 15 is 0 Å². The van der Waals surface area contributed by atoms with Crippen molar-refractivity contribution in [1.29, 1.82) is 0 Å². The van der Waals surface area contributed by atoms with Crippen molar-refractivity contribution in [2.45, 2.75) is 32.7 Å². The second kappa shape index (κ2) is 7.25. The lowest BCUT2D eigenvalue weighted by molar-refractivity contribution is -0.147. The molecule has 138 valence electrons. The van der Waals surface area contributed by atoms with E-state index in [0.717, 1.165) is 11.3 Å². The molecule has 8 heteroatoms. The Kier molecular flexibility index (Phi) is 5.03. The lowest BCUT2D eigenvalue weighted by Crippen LogP contribution is -2.52. The third-order valence-electron chi connectivity index (χ3n) is 4.42. The average Bonchev–Trinajstić information content (AvgIpc) is 3.02. The summed E-state index contributed by atoms with van der Waals surface area (Å²) in [4.78, 5) is 29.7. The molecule has 0 bridgehead atoms. The number of nitrogens with zero attached hydrogens (tertiary/aromatic N) is 4. The summed E-state index contributed by atoms with van der Waals surface area (Å²) in [6.45, 7) is 6.41. The summed E-state index contributed by atoms with van der Waals surface area (Å²) in [5, 5.41) is 13.7. The molecule has 1 aromatic heterocycles. The van der Waals surface area contributed by atoms with Crippen molar-refractivity contribution in [3.05, 3.63) is 41.5 Å². The normalized spacial score (nSPS) is 17.5. The fraction of sp³-hybridized carbons (Fsp3) is 0.444. The number of rotatable bonds is 4. The van der Waals surface area contributed by atoms with Crippen LogP contribution in [0.1, 0.15) is 41.8 Å². The van der Waals surface area contributed by atoms with Crippen LogP contribution in [0.25, 0.3) is 5.69 Å². The first-order valence-electron chi connectivity index (χ1n) is 8.54. The van der Waals surface area contributed by atoms with Gasteiger partial charge >= 0.3 is 5.97 Å². The topological polar surface area (TPSA) is 97.6 Å². The summed E-state index contributed by atoms with van der Waals surface area (Å²) in [6, 6.07) is 6.80. The minimum absolute atomic E-state index is 0.00536. The minimum Gasteiger partial charge on any atom is -0.480 e. The van der Waals surface area contributed by atoms with Crippen LogP contribution in [0, 0.1) is 6.92 Å². The Labute approximate surface area is 151 Å². The number of aryl methyl sites for hydroxylation is 1. The van der Waals surface area contributed by atoms with Crippen molar-refractivity contribution < 1.29 is 19.4 Å². The van der Waals surface area contributed by atoms with Gasteiger partial charge in [-0.25, -0.2) is 14.5 Å². The Balaban J connectivity index is 1.96. The largest absolute Gasteiger partial charge is 0.480 e. The molecule has 0 saturated carbocycles. The van der Waals surface area contributed by atoms with Crippen LogP contribution >= 0.6 is 0 Å². The summed E-state index contributed by atoms with van der Waals surface area (Å²) in [7, 11) is 0. The van der Waals surface area contributed by atoms with Crippen molar-refractivity contribution in [3.8, 4) is 5.69 Å². The lowest BCUT2D eigenvalue weighted by atomic mass is 10.0. The van der Waals surface area contributed by atoms with E-state index in [9.17, 15) is 14.7 Å². The van der Waals surface area contributed by atoms with Crippen LogP contribution in [0.4, 0.5) is 0 Å². The summed E-state index contributed by atoms with van der Waals surface area (Å²) >= 11 is 0. The summed E-state index contributed by atoms with van der Waals surface area (Å²) in [5.41, 5.74) is 1.96. The molecule has 1 amide bonds. The molecule has 1 N–H and O–H groups in total. The fourth-order valence-corrected chi connectivity index (χ4v) is 3.06. The van der Waals surface area contributed by atoms with Crippen LogP contribution in [0.5, 0.6) is 0 Å². The van der Waals surface area contributed by atoms with Gasteiger partial charge in [-0.1, -0.05) is 32.0 Å². The highest BCUT2D eigenvalue weighted by Gasteiger charge is 2.35. The van der Waals surface area contributed by atoms with Crippen LogP contribution < -0.4 is 0 Å². The molecule has 0 radical (unpaired) electrons. The average molecular weight is 358 g/mol. The number of morpholine rings is 1. The molecule has 2 aromatic rings. The number of hydrogen-bond acceptors (Lipinski definition) is 5. The first-order chi connectivity index (χ1) is 12.4. The Morgan fingerprint density at radius 1 is 1.31 bits per heavy atom. The molecule has 0 unspecified atom stereocenters. The number of para-hydroxylation sites is 1. The van der Waals surface area contributed by atoms with Gasteiger partial charge in [0.15, 0.2) is 6.04 Å².